The van der Waals surface area contributed by atoms with Gasteiger partial charge in [-0.2, -0.15) is 8.42 Å². The number of benzene rings is 2. The molecule has 0 amide bonds. The average molecular weight is 320 g/mol. The molecule has 116 valence electrons. The standard InChI is InChI=1S/C16H16O5S/c1-20-16(17)14-9-5-6-10-15(14)21-22(18,19)12-11-13-7-3-2-4-8-13/h2-10H,11-12H2,1H3. The van der Waals surface area contributed by atoms with E-state index >= 15 is 0 Å². The fraction of sp³-hybridized carbons (Fsp3) is 0.188. The van der Waals surface area contributed by atoms with E-state index in [1.165, 1.54) is 19.2 Å². The lowest BCUT2D eigenvalue weighted by molar-refractivity contribution is 0.0599. The first-order valence-electron chi connectivity index (χ1n) is 6.65. The smallest absolute Gasteiger partial charge is 0.341 e. The minimum absolute atomic E-state index is 0.0255. The molecule has 2 aromatic carbocycles. The topological polar surface area (TPSA) is 69.7 Å². The quantitative estimate of drug-likeness (QED) is 0.604. The number of ether oxygens (including phenoxy) is 1. The van der Waals surface area contributed by atoms with Gasteiger partial charge >= 0.3 is 16.1 Å². The second-order valence-electron chi connectivity index (χ2n) is 4.57. The first kappa shape index (κ1) is 16.0. The van der Waals surface area contributed by atoms with Crippen LogP contribution in [0.3, 0.4) is 0 Å². The number of rotatable bonds is 6. The van der Waals surface area contributed by atoms with Crippen LogP contribution in [0.15, 0.2) is 54.6 Å². The van der Waals surface area contributed by atoms with E-state index in [-0.39, 0.29) is 17.1 Å². The Morgan fingerprint density at radius 2 is 1.64 bits per heavy atom. The Kier molecular flexibility index (Phi) is 5.16. The Hall–Kier alpha value is -2.34. The predicted octanol–water partition coefficient (Wildman–Crippen LogP) is 2.42. The molecule has 0 atom stereocenters. The summed E-state index contributed by atoms with van der Waals surface area (Å²) in [6.07, 6.45) is 0.337. The first-order valence-corrected chi connectivity index (χ1v) is 8.23. The van der Waals surface area contributed by atoms with E-state index in [0.29, 0.717) is 6.42 Å². The number of carbonyl (C=O) groups excluding carboxylic acids is 1. The van der Waals surface area contributed by atoms with E-state index in [2.05, 4.69) is 4.74 Å². The van der Waals surface area contributed by atoms with Gasteiger partial charge in [-0.15, -0.1) is 0 Å². The van der Waals surface area contributed by atoms with Gasteiger partial charge in [0.1, 0.15) is 5.56 Å². The van der Waals surface area contributed by atoms with Gasteiger partial charge in [0.2, 0.25) is 0 Å². The minimum Gasteiger partial charge on any atom is -0.465 e. The highest BCUT2D eigenvalue weighted by Crippen LogP contribution is 2.21. The van der Waals surface area contributed by atoms with Crippen molar-refractivity contribution in [3.8, 4) is 5.75 Å². The van der Waals surface area contributed by atoms with Crippen molar-refractivity contribution in [3.05, 3.63) is 65.7 Å². The second kappa shape index (κ2) is 7.09. The van der Waals surface area contributed by atoms with Crippen LogP contribution >= 0.6 is 0 Å². The number of carbonyl (C=O) groups is 1. The lowest BCUT2D eigenvalue weighted by atomic mass is 10.2. The van der Waals surface area contributed by atoms with Crippen molar-refractivity contribution in [3.63, 3.8) is 0 Å². The number of hydrogen-bond acceptors (Lipinski definition) is 5. The van der Waals surface area contributed by atoms with Gasteiger partial charge in [-0.1, -0.05) is 42.5 Å². The molecule has 6 heteroatoms. The molecule has 0 fully saturated rings. The van der Waals surface area contributed by atoms with Crippen LogP contribution in [0.2, 0.25) is 0 Å². The van der Waals surface area contributed by atoms with Gasteiger partial charge in [0.15, 0.2) is 5.75 Å². The molecule has 2 rings (SSSR count). The highest BCUT2D eigenvalue weighted by molar-refractivity contribution is 7.87. The van der Waals surface area contributed by atoms with Crippen molar-refractivity contribution in [2.24, 2.45) is 0 Å². The van der Waals surface area contributed by atoms with Gasteiger partial charge < -0.3 is 8.92 Å². The maximum absolute atomic E-state index is 12.1. The summed E-state index contributed by atoms with van der Waals surface area (Å²) in [4.78, 5) is 11.6. The molecule has 0 heterocycles. The van der Waals surface area contributed by atoms with Crippen LogP contribution in [-0.2, 0) is 21.3 Å². The van der Waals surface area contributed by atoms with Gasteiger partial charge in [-0.25, -0.2) is 4.79 Å². The van der Waals surface area contributed by atoms with Crippen molar-refractivity contribution >= 4 is 16.1 Å². The van der Waals surface area contributed by atoms with Crippen LogP contribution in [0, 0.1) is 0 Å². The summed E-state index contributed by atoms with van der Waals surface area (Å²) in [6, 6.07) is 15.3. The van der Waals surface area contributed by atoms with E-state index in [1.807, 2.05) is 30.3 Å². The molecule has 0 radical (unpaired) electrons. The molecule has 0 aliphatic carbocycles. The molecule has 22 heavy (non-hydrogen) atoms. The number of methoxy groups -OCH3 is 1. The van der Waals surface area contributed by atoms with E-state index in [1.54, 1.807) is 12.1 Å². The second-order valence-corrected chi connectivity index (χ2v) is 6.26. The molecule has 0 aliphatic rings. The molecule has 0 saturated heterocycles. The van der Waals surface area contributed by atoms with E-state index < -0.39 is 16.1 Å². The summed E-state index contributed by atoms with van der Waals surface area (Å²) in [5.74, 6) is -0.844. The Labute approximate surface area is 129 Å². The molecular weight excluding hydrogens is 304 g/mol. The maximum Gasteiger partial charge on any atom is 0.341 e. The third-order valence-corrected chi connectivity index (χ3v) is 4.13. The molecule has 5 nitrogen and oxygen atoms in total. The monoisotopic (exact) mass is 320 g/mol. The van der Waals surface area contributed by atoms with Crippen LogP contribution in [0.1, 0.15) is 15.9 Å². The highest BCUT2D eigenvalue weighted by Gasteiger charge is 2.19. The van der Waals surface area contributed by atoms with Crippen LogP contribution in [0.25, 0.3) is 0 Å². The Balaban J connectivity index is 2.11. The number of para-hydroxylation sites is 1. The molecule has 0 spiro atoms. The molecule has 0 aliphatic heterocycles. The van der Waals surface area contributed by atoms with Crippen molar-refractivity contribution < 1.29 is 22.1 Å². The van der Waals surface area contributed by atoms with Crippen molar-refractivity contribution in [1.82, 2.24) is 0 Å². The molecule has 0 unspecified atom stereocenters. The van der Waals surface area contributed by atoms with Crippen LogP contribution in [0.4, 0.5) is 0 Å². The predicted molar refractivity (Wildman–Crippen MR) is 82.3 cm³/mol. The Morgan fingerprint density at radius 1 is 1.00 bits per heavy atom. The van der Waals surface area contributed by atoms with Crippen molar-refractivity contribution in [2.45, 2.75) is 6.42 Å². The summed E-state index contributed by atoms with van der Waals surface area (Å²) in [6.45, 7) is 0. The Morgan fingerprint density at radius 3 is 2.32 bits per heavy atom. The van der Waals surface area contributed by atoms with E-state index in [9.17, 15) is 13.2 Å². The number of hydrogen-bond donors (Lipinski definition) is 0. The Bertz CT molecular complexity index is 738. The third kappa shape index (κ3) is 4.33. The normalized spacial score (nSPS) is 11.0. The van der Waals surface area contributed by atoms with E-state index in [0.717, 1.165) is 5.56 Å². The largest absolute Gasteiger partial charge is 0.465 e. The summed E-state index contributed by atoms with van der Waals surface area (Å²) in [5, 5.41) is 0. The lowest BCUT2D eigenvalue weighted by Crippen LogP contribution is -2.17. The third-order valence-electron chi connectivity index (χ3n) is 2.99. The first-order chi connectivity index (χ1) is 10.5. The summed E-state index contributed by atoms with van der Waals surface area (Å²) < 4.78 is 33.8. The summed E-state index contributed by atoms with van der Waals surface area (Å²) >= 11 is 0. The fourth-order valence-electron chi connectivity index (χ4n) is 1.88. The lowest BCUT2D eigenvalue weighted by Gasteiger charge is -2.10. The SMILES string of the molecule is COC(=O)c1ccccc1OS(=O)(=O)CCc1ccccc1. The number of aryl methyl sites for hydroxylation is 1. The summed E-state index contributed by atoms with van der Waals surface area (Å²) in [7, 11) is -2.58. The fourth-order valence-corrected chi connectivity index (χ4v) is 2.87. The van der Waals surface area contributed by atoms with Gasteiger partial charge in [0.25, 0.3) is 0 Å². The molecule has 0 aromatic heterocycles. The average Bonchev–Trinajstić information content (AvgIpc) is 2.53. The van der Waals surface area contributed by atoms with Gasteiger partial charge in [0, 0.05) is 0 Å². The molecule has 0 saturated carbocycles. The zero-order valence-corrected chi connectivity index (χ0v) is 12.9. The summed E-state index contributed by atoms with van der Waals surface area (Å²) in [5.41, 5.74) is 0.976. The maximum atomic E-state index is 12.1. The molecular formula is C16H16O5S. The van der Waals surface area contributed by atoms with Crippen LogP contribution < -0.4 is 4.18 Å². The zero-order valence-electron chi connectivity index (χ0n) is 12.1. The highest BCUT2D eigenvalue weighted by atomic mass is 32.2. The van der Waals surface area contributed by atoms with Crippen LogP contribution in [0.5, 0.6) is 5.75 Å². The minimum atomic E-state index is -3.80. The van der Waals surface area contributed by atoms with Gasteiger partial charge in [-0.05, 0) is 24.1 Å². The zero-order chi connectivity index (χ0) is 16.0. The van der Waals surface area contributed by atoms with Gasteiger partial charge in [0.05, 0.1) is 12.9 Å². The van der Waals surface area contributed by atoms with E-state index in [4.69, 9.17) is 4.18 Å². The molecule has 0 N–H and O–H groups in total. The molecule has 0 bridgehead atoms. The number of esters is 1. The molecule has 2 aromatic rings. The van der Waals surface area contributed by atoms with Crippen molar-refractivity contribution in [1.29, 1.82) is 0 Å². The van der Waals surface area contributed by atoms with Gasteiger partial charge in [-0.3, -0.25) is 0 Å². The van der Waals surface area contributed by atoms with Crippen LogP contribution in [-0.4, -0.2) is 27.2 Å². The van der Waals surface area contributed by atoms with Crippen molar-refractivity contribution in [2.75, 3.05) is 12.9 Å².